The van der Waals surface area contributed by atoms with Gasteiger partial charge in [-0.15, -0.1) is 0 Å². The molecule has 0 aromatic carbocycles. The smallest absolute Gasteiger partial charge is 0.514 e. The Morgan fingerprint density at radius 3 is 0.707 bits per heavy atom. The Labute approximate surface area is 299 Å². The first-order valence-corrected chi connectivity index (χ1v) is 18.8. The minimum atomic E-state index is 0. The maximum atomic E-state index is 5.10. The summed E-state index contributed by atoms with van der Waals surface area (Å²) in [6.45, 7) is 5.97. The normalized spacial score (nSPS) is 10.4. The molecule has 0 aromatic heterocycles. The Hall–Kier alpha value is 1.14. The van der Waals surface area contributed by atoms with E-state index < -0.39 is 0 Å². The van der Waals surface area contributed by atoms with E-state index in [0.717, 1.165) is 12.8 Å². The van der Waals surface area contributed by atoms with Crippen molar-refractivity contribution < 1.29 is 36.8 Å². The van der Waals surface area contributed by atoms with Crippen LogP contribution in [0, 0.1) is 0 Å². The van der Waals surface area contributed by atoms with Gasteiger partial charge >= 0.3 is 27.3 Å². The van der Waals surface area contributed by atoms with E-state index in [1.54, 1.807) is 0 Å². The first kappa shape index (κ1) is 46.6. The number of ether oxygens (including phenoxy) is 2. The topological polar surface area (TPSA) is 18.5 Å². The van der Waals surface area contributed by atoms with Crippen molar-refractivity contribution in [1.29, 1.82) is 0 Å². The zero-order chi connectivity index (χ0) is 29.8. The maximum absolute atomic E-state index is 5.10. The number of unbranched alkanes of at least 4 members (excludes halogenated alkanes) is 26. The summed E-state index contributed by atoms with van der Waals surface area (Å²) in [5.41, 5.74) is 0. The van der Waals surface area contributed by atoms with Gasteiger partial charge in [-0.3, -0.25) is 0 Å². The summed E-state index contributed by atoms with van der Waals surface area (Å²) in [5.74, 6) is 0. The maximum Gasteiger partial charge on any atom is 2.00 e. The minimum absolute atomic E-state index is 0. The zero-order valence-corrected chi connectivity index (χ0v) is 34.7. The van der Waals surface area contributed by atoms with E-state index in [-0.39, 0.29) is 36.1 Å². The monoisotopic (exact) mass is 748 g/mol. The van der Waals surface area contributed by atoms with E-state index in [0.29, 0.717) is 13.2 Å². The molecule has 0 saturated carbocycles. The summed E-state index contributed by atoms with van der Waals surface area (Å²) in [4.78, 5) is 0. The molecule has 0 radical (unpaired) electrons. The van der Waals surface area contributed by atoms with Crippen LogP contribution in [0.25, 0.3) is 0 Å². The van der Waals surface area contributed by atoms with E-state index in [1.165, 1.54) is 167 Å². The molecule has 0 amide bonds. The van der Waals surface area contributed by atoms with Gasteiger partial charge in [0, 0.05) is 8.77 Å². The fraction of sp³-hybridized carbons (Fsp3) is 0.941. The fourth-order valence-corrected chi connectivity index (χ4v) is 5.24. The van der Waals surface area contributed by atoms with Gasteiger partial charge in [-0.05, 0) is 12.8 Å². The minimum Gasteiger partial charge on any atom is -0.514 e. The molecule has 0 aliphatic heterocycles. The van der Waals surface area contributed by atoms with Crippen LogP contribution >= 0.6 is 24.4 Å². The standard InChI is InChI=1S/2C17H34OS2.Cd/c2*1-2-3-4-5-6-7-8-9-10-11-12-13-14-15-16-18-17(19)20;/h2*2-16H2,1H3,(H,19,20);/q;;+2/p-2. The van der Waals surface area contributed by atoms with Crippen LogP contribution in [0.2, 0.25) is 0 Å². The van der Waals surface area contributed by atoms with Crippen molar-refractivity contribution in [3.8, 4) is 0 Å². The van der Waals surface area contributed by atoms with Crippen molar-refractivity contribution in [2.45, 2.75) is 194 Å². The Balaban J connectivity index is -0.000000688. The van der Waals surface area contributed by atoms with Gasteiger partial charge in [-0.25, -0.2) is 0 Å². The molecule has 0 aliphatic rings. The number of rotatable bonds is 30. The average Bonchev–Trinajstić information content (AvgIpc) is 2.93. The summed E-state index contributed by atoms with van der Waals surface area (Å²) in [5, 5.41) is 0. The molecule has 0 rings (SSSR count). The Kier molecular flexibility index (Phi) is 49.1. The number of hydrogen-bond acceptors (Lipinski definition) is 6. The Morgan fingerprint density at radius 1 is 0.366 bits per heavy atom. The summed E-state index contributed by atoms with van der Waals surface area (Å²) < 4.78 is 10.7. The van der Waals surface area contributed by atoms with Gasteiger partial charge in [0.15, 0.2) is 0 Å². The summed E-state index contributed by atoms with van der Waals surface area (Å²) in [6, 6.07) is 0. The molecule has 0 heterocycles. The van der Waals surface area contributed by atoms with Crippen LogP contribution in [0.5, 0.6) is 0 Å². The van der Waals surface area contributed by atoms with Crippen LogP contribution in [-0.4, -0.2) is 22.0 Å². The van der Waals surface area contributed by atoms with Crippen LogP contribution in [0.3, 0.4) is 0 Å². The number of hydrogen-bond donors (Lipinski definition) is 0. The third kappa shape index (κ3) is 51.0. The second-order valence-corrected chi connectivity index (χ2v) is 13.4. The molecule has 0 spiro atoms. The predicted molar refractivity (Wildman–Crippen MR) is 192 cm³/mol. The van der Waals surface area contributed by atoms with Gasteiger partial charge in [0.25, 0.3) is 0 Å². The number of thiocarbonyl (C=S) groups is 2. The van der Waals surface area contributed by atoms with Crippen molar-refractivity contribution in [2.24, 2.45) is 0 Å². The van der Waals surface area contributed by atoms with Gasteiger partial charge in [0.1, 0.15) is 0 Å². The first-order valence-electron chi connectivity index (χ1n) is 17.2. The largest absolute Gasteiger partial charge is 2.00 e. The van der Waals surface area contributed by atoms with Crippen molar-refractivity contribution in [1.82, 2.24) is 0 Å². The molecule has 0 unspecified atom stereocenters. The third-order valence-corrected chi connectivity index (χ3v) is 7.91. The van der Waals surface area contributed by atoms with Crippen molar-refractivity contribution in [3.63, 3.8) is 0 Å². The molecule has 0 saturated heterocycles. The summed E-state index contributed by atoms with van der Waals surface area (Å²) >= 11 is 18.8. The second-order valence-electron chi connectivity index (χ2n) is 11.4. The molecule has 0 aliphatic carbocycles. The van der Waals surface area contributed by atoms with E-state index in [4.69, 9.17) is 9.47 Å². The van der Waals surface area contributed by atoms with Crippen LogP contribution < -0.4 is 0 Å². The summed E-state index contributed by atoms with van der Waals surface area (Å²) in [7, 11) is 0. The second kappa shape index (κ2) is 43.3. The summed E-state index contributed by atoms with van der Waals surface area (Å²) in [6.07, 6.45) is 38.6. The van der Waals surface area contributed by atoms with Gasteiger partial charge in [-0.1, -0.05) is 181 Å². The van der Waals surface area contributed by atoms with E-state index >= 15 is 0 Å². The van der Waals surface area contributed by atoms with Gasteiger partial charge in [0.2, 0.25) is 0 Å². The molecule has 41 heavy (non-hydrogen) atoms. The van der Waals surface area contributed by atoms with E-state index in [2.05, 4.69) is 63.5 Å². The molecule has 0 N–H and O–H groups in total. The van der Waals surface area contributed by atoms with Gasteiger partial charge < -0.3 is 59.2 Å². The predicted octanol–water partition coefficient (Wildman–Crippen LogP) is 12.6. The van der Waals surface area contributed by atoms with Crippen LogP contribution in [0.1, 0.15) is 194 Å². The third-order valence-electron chi connectivity index (χ3n) is 7.44. The van der Waals surface area contributed by atoms with Crippen LogP contribution in [0.4, 0.5) is 0 Å². The Bertz CT molecular complexity index is 465. The molecular weight excluding hydrogens is 681 g/mol. The van der Waals surface area contributed by atoms with Crippen molar-refractivity contribution >= 4 is 58.5 Å². The molecule has 2 nitrogen and oxygen atoms in total. The molecule has 7 heteroatoms. The van der Waals surface area contributed by atoms with Crippen LogP contribution in [-0.2, 0) is 62.0 Å². The quantitative estimate of drug-likeness (QED) is 0.0313. The zero-order valence-electron chi connectivity index (χ0n) is 27.4. The molecule has 0 bridgehead atoms. The average molecular weight is 748 g/mol. The molecule has 0 fully saturated rings. The van der Waals surface area contributed by atoms with E-state index in [1.807, 2.05) is 0 Å². The first-order chi connectivity index (χ1) is 19.5. The van der Waals surface area contributed by atoms with Crippen molar-refractivity contribution in [2.75, 3.05) is 13.2 Å². The van der Waals surface area contributed by atoms with Gasteiger partial charge in [-0.2, -0.15) is 0 Å². The molecule has 0 aromatic rings. The van der Waals surface area contributed by atoms with E-state index in [9.17, 15) is 0 Å². The van der Waals surface area contributed by atoms with Gasteiger partial charge in [0.05, 0.1) is 13.2 Å². The van der Waals surface area contributed by atoms with Crippen molar-refractivity contribution in [3.05, 3.63) is 0 Å². The Morgan fingerprint density at radius 2 is 0.537 bits per heavy atom. The molecule has 0 atom stereocenters. The molecular formula is C34H66CdO2S4. The van der Waals surface area contributed by atoms with Crippen LogP contribution in [0.15, 0.2) is 0 Å². The SMILES string of the molecule is CCCCCCCCCCCCCCCCOC(=S)[S-].CCCCCCCCCCCCCCCCOC(=S)[S-].[Cd+2]. The fourth-order valence-electron chi connectivity index (χ4n) is 4.90. The molecule has 240 valence electrons.